The number of hydrogen-bond acceptors (Lipinski definition) is 6. The van der Waals surface area contributed by atoms with Gasteiger partial charge in [-0.25, -0.2) is 0 Å². The van der Waals surface area contributed by atoms with Gasteiger partial charge in [-0.15, -0.1) is 0 Å². The van der Waals surface area contributed by atoms with E-state index in [2.05, 4.69) is 5.32 Å². The van der Waals surface area contributed by atoms with Crippen LogP contribution in [0.15, 0.2) is 18.2 Å². The van der Waals surface area contributed by atoms with E-state index in [1.165, 1.54) is 25.1 Å². The molecule has 0 spiro atoms. The topological polar surface area (TPSA) is 133 Å². The number of amides is 4. The van der Waals surface area contributed by atoms with Gasteiger partial charge in [-0.05, 0) is 12.1 Å². The minimum atomic E-state index is -1.64. The smallest absolute Gasteiger partial charge is 0.264 e. The first-order valence-electron chi connectivity index (χ1n) is 7.11. The van der Waals surface area contributed by atoms with Gasteiger partial charge in [-0.3, -0.25) is 28.9 Å². The zero-order valence-electron chi connectivity index (χ0n) is 12.5. The van der Waals surface area contributed by atoms with Crippen molar-refractivity contribution >= 4 is 35.1 Å². The van der Waals surface area contributed by atoms with Crippen LogP contribution in [0.5, 0.6) is 0 Å². The number of ketones is 1. The van der Waals surface area contributed by atoms with Gasteiger partial charge in [0.2, 0.25) is 11.8 Å². The van der Waals surface area contributed by atoms with Crippen LogP contribution in [-0.4, -0.2) is 51.7 Å². The van der Waals surface area contributed by atoms with E-state index in [-0.39, 0.29) is 16.8 Å². The summed E-state index contributed by atoms with van der Waals surface area (Å²) >= 11 is 0. The molecule has 0 saturated carbocycles. The molecule has 2 atom stereocenters. The van der Waals surface area contributed by atoms with Gasteiger partial charge in [0.15, 0.2) is 12.0 Å². The quantitative estimate of drug-likeness (QED) is 0.596. The Morgan fingerprint density at radius 2 is 1.96 bits per heavy atom. The third-order valence-corrected chi connectivity index (χ3v) is 3.85. The number of piperidine rings is 1. The number of Topliss-reactive ketones (excluding diaryl/α,β-unsaturated/α-hetero) is 1. The highest BCUT2D eigenvalue weighted by Crippen LogP contribution is 2.32. The van der Waals surface area contributed by atoms with Crippen LogP contribution in [-0.2, 0) is 14.4 Å². The van der Waals surface area contributed by atoms with Gasteiger partial charge in [-0.1, -0.05) is 6.07 Å². The van der Waals surface area contributed by atoms with Crippen LogP contribution in [0, 0.1) is 0 Å². The van der Waals surface area contributed by atoms with E-state index in [1.807, 2.05) is 5.32 Å². The molecule has 0 radical (unpaired) electrons. The van der Waals surface area contributed by atoms with Crippen LogP contribution in [0.1, 0.15) is 34.1 Å². The number of rotatable bonds is 2. The summed E-state index contributed by atoms with van der Waals surface area (Å²) in [6.45, 7) is 1.26. The molecule has 24 heavy (non-hydrogen) atoms. The Labute approximate surface area is 135 Å². The van der Waals surface area contributed by atoms with Gasteiger partial charge in [0.1, 0.15) is 6.04 Å². The van der Waals surface area contributed by atoms with Gasteiger partial charge in [0.25, 0.3) is 11.8 Å². The molecule has 3 N–H and O–H groups in total. The van der Waals surface area contributed by atoms with Crippen LogP contribution < -0.4 is 10.6 Å². The molecule has 124 valence electrons. The summed E-state index contributed by atoms with van der Waals surface area (Å²) in [4.78, 5) is 60.7. The zero-order valence-corrected chi connectivity index (χ0v) is 12.5. The number of anilines is 1. The number of aliphatic hydroxyl groups excluding tert-OH is 1. The lowest BCUT2D eigenvalue weighted by Crippen LogP contribution is -2.59. The largest absolute Gasteiger partial charge is 0.367 e. The number of nitrogens with zero attached hydrogens (tertiary/aromatic N) is 1. The van der Waals surface area contributed by atoms with Crippen LogP contribution >= 0.6 is 0 Å². The molecule has 0 aliphatic carbocycles. The SMILES string of the molecule is CC(=O)Nc1cccc2c1C(=O)N(C1CC(=O)C(O)NC1=O)C2=O. The van der Waals surface area contributed by atoms with E-state index in [9.17, 15) is 29.1 Å². The Morgan fingerprint density at radius 3 is 2.62 bits per heavy atom. The summed E-state index contributed by atoms with van der Waals surface area (Å²) in [7, 11) is 0. The molecule has 0 bridgehead atoms. The Balaban J connectivity index is 2.00. The minimum absolute atomic E-state index is 0.0240. The second-order valence-corrected chi connectivity index (χ2v) is 5.49. The summed E-state index contributed by atoms with van der Waals surface area (Å²) in [5.74, 6) is -3.41. The van der Waals surface area contributed by atoms with Crippen molar-refractivity contribution in [3.63, 3.8) is 0 Å². The first-order valence-corrected chi connectivity index (χ1v) is 7.11. The summed E-state index contributed by atoms with van der Waals surface area (Å²) < 4.78 is 0. The maximum atomic E-state index is 12.6. The molecule has 1 aromatic rings. The second-order valence-electron chi connectivity index (χ2n) is 5.49. The van der Waals surface area contributed by atoms with Gasteiger partial charge in [0, 0.05) is 13.3 Å². The third kappa shape index (κ3) is 2.35. The van der Waals surface area contributed by atoms with Crippen LogP contribution in [0.4, 0.5) is 5.69 Å². The molecule has 0 aromatic heterocycles. The lowest BCUT2D eigenvalue weighted by Gasteiger charge is -2.30. The number of hydrogen-bond donors (Lipinski definition) is 3. The van der Waals surface area contributed by atoms with Crippen molar-refractivity contribution in [1.82, 2.24) is 10.2 Å². The molecular weight excluding hydrogens is 318 g/mol. The van der Waals surface area contributed by atoms with Gasteiger partial charge in [-0.2, -0.15) is 0 Å². The number of fused-ring (bicyclic) bond motifs is 1. The van der Waals surface area contributed by atoms with Crippen molar-refractivity contribution in [3.05, 3.63) is 29.3 Å². The van der Waals surface area contributed by atoms with Crippen molar-refractivity contribution < 1.29 is 29.1 Å². The maximum Gasteiger partial charge on any atom is 0.264 e. The Hall–Kier alpha value is -3.07. The highest BCUT2D eigenvalue weighted by Gasteiger charge is 2.47. The number of aliphatic hydroxyl groups is 1. The number of benzene rings is 1. The molecule has 1 saturated heterocycles. The molecule has 3 rings (SSSR count). The van der Waals surface area contributed by atoms with E-state index in [4.69, 9.17) is 0 Å². The van der Waals surface area contributed by atoms with E-state index in [0.29, 0.717) is 4.90 Å². The van der Waals surface area contributed by atoms with Crippen molar-refractivity contribution in [3.8, 4) is 0 Å². The highest BCUT2D eigenvalue weighted by molar-refractivity contribution is 6.26. The normalized spacial score (nSPS) is 23.2. The van der Waals surface area contributed by atoms with Crippen molar-refractivity contribution in [2.75, 3.05) is 5.32 Å². The zero-order chi connectivity index (χ0) is 17.6. The number of carbonyl (C=O) groups is 5. The predicted molar refractivity (Wildman–Crippen MR) is 78.8 cm³/mol. The first kappa shape index (κ1) is 15.8. The Morgan fingerprint density at radius 1 is 1.25 bits per heavy atom. The molecule has 4 amide bonds. The van der Waals surface area contributed by atoms with Gasteiger partial charge in [0.05, 0.1) is 16.8 Å². The predicted octanol–water partition coefficient (Wildman–Crippen LogP) is -0.983. The second kappa shape index (κ2) is 5.53. The van der Waals surface area contributed by atoms with Crippen LogP contribution in [0.3, 0.4) is 0 Å². The molecule has 9 heteroatoms. The molecule has 2 aliphatic rings. The summed E-state index contributed by atoms with van der Waals surface area (Å²) in [6.07, 6.45) is -2.10. The molecule has 1 fully saturated rings. The van der Waals surface area contributed by atoms with Crippen molar-refractivity contribution in [2.45, 2.75) is 25.6 Å². The minimum Gasteiger partial charge on any atom is -0.367 e. The third-order valence-electron chi connectivity index (χ3n) is 3.85. The molecule has 9 nitrogen and oxygen atoms in total. The molecule has 2 aliphatic heterocycles. The van der Waals surface area contributed by atoms with E-state index in [0.717, 1.165) is 0 Å². The van der Waals surface area contributed by atoms with Gasteiger partial charge >= 0.3 is 0 Å². The molecule has 2 unspecified atom stereocenters. The monoisotopic (exact) mass is 331 g/mol. The van der Waals surface area contributed by atoms with Crippen molar-refractivity contribution in [1.29, 1.82) is 0 Å². The van der Waals surface area contributed by atoms with E-state index >= 15 is 0 Å². The number of imide groups is 1. The number of carbonyl (C=O) groups excluding carboxylic acids is 5. The Kier molecular flexibility index (Phi) is 3.64. The molecule has 2 heterocycles. The lowest BCUT2D eigenvalue weighted by atomic mass is 10.0. The standard InChI is InChI=1S/C15H13N3O6/c1-6(19)16-8-4-2-3-7-11(8)15(24)18(14(7)23)9-5-10(20)13(22)17-12(9)21/h2-4,9,13,22H,5H2,1H3,(H,16,19)(H,17,21). The van der Waals surface area contributed by atoms with Crippen molar-refractivity contribution in [2.24, 2.45) is 0 Å². The average molecular weight is 331 g/mol. The average Bonchev–Trinajstić information content (AvgIpc) is 2.75. The lowest BCUT2D eigenvalue weighted by molar-refractivity contribution is -0.144. The van der Waals surface area contributed by atoms with E-state index in [1.54, 1.807) is 0 Å². The highest BCUT2D eigenvalue weighted by atomic mass is 16.3. The summed E-state index contributed by atoms with van der Waals surface area (Å²) in [5, 5.41) is 13.8. The molecule has 1 aromatic carbocycles. The van der Waals surface area contributed by atoms with E-state index < -0.39 is 48.1 Å². The fraction of sp³-hybridized carbons (Fsp3) is 0.267. The van der Waals surface area contributed by atoms with Gasteiger partial charge < -0.3 is 15.7 Å². The fourth-order valence-electron chi connectivity index (χ4n) is 2.80. The summed E-state index contributed by atoms with van der Waals surface area (Å²) in [6, 6.07) is 3.02. The maximum absolute atomic E-state index is 12.6. The summed E-state index contributed by atoms with van der Waals surface area (Å²) in [5.41, 5.74) is 0.171. The van der Waals surface area contributed by atoms with Crippen LogP contribution in [0.2, 0.25) is 0 Å². The number of nitrogens with one attached hydrogen (secondary N) is 2. The fourth-order valence-corrected chi connectivity index (χ4v) is 2.80. The molecular formula is C15H13N3O6. The Bertz CT molecular complexity index is 802. The van der Waals surface area contributed by atoms with Crippen LogP contribution in [0.25, 0.3) is 0 Å². The first-order chi connectivity index (χ1) is 11.3.